The van der Waals surface area contributed by atoms with Gasteiger partial charge in [-0.2, -0.15) is 5.10 Å². The van der Waals surface area contributed by atoms with Crippen LogP contribution in [0.15, 0.2) is 47.8 Å². The van der Waals surface area contributed by atoms with Crippen molar-refractivity contribution in [2.45, 2.75) is 36.9 Å². The quantitative estimate of drug-likeness (QED) is 0.591. The van der Waals surface area contributed by atoms with E-state index in [1.165, 1.54) is 24.6 Å². The van der Waals surface area contributed by atoms with Crippen molar-refractivity contribution in [1.29, 1.82) is 0 Å². The second-order valence-electron chi connectivity index (χ2n) is 6.68. The molecule has 144 valence electrons. The molecule has 1 aliphatic rings. The summed E-state index contributed by atoms with van der Waals surface area (Å²) in [7, 11) is 0. The molecular weight excluding hydrogens is 372 g/mol. The van der Waals surface area contributed by atoms with Crippen molar-refractivity contribution < 1.29 is 4.79 Å². The van der Waals surface area contributed by atoms with Crippen molar-refractivity contribution in [3.05, 3.63) is 54.0 Å². The number of anilines is 1. The number of nitrogens with zero attached hydrogens (tertiary/aromatic N) is 4. The standard InChI is InChI=1S/C20H22N6OS/c27-19(23-18-12-13-21-26(18)16-8-4-5-9-16)14-28-20-22-17(24-25-20)11-10-15-6-2-1-3-7-15/h1-3,6-7,10-13,16H,4-5,8-9,14H2,(H,23,27)(H,22,24,25)/b11-10+. The monoisotopic (exact) mass is 394 g/mol. The van der Waals surface area contributed by atoms with Crippen LogP contribution in [-0.2, 0) is 4.79 Å². The molecule has 2 heterocycles. The highest BCUT2D eigenvalue weighted by Crippen LogP contribution is 2.31. The summed E-state index contributed by atoms with van der Waals surface area (Å²) < 4.78 is 1.94. The molecule has 0 unspecified atom stereocenters. The van der Waals surface area contributed by atoms with Gasteiger partial charge in [-0.15, -0.1) is 5.10 Å². The summed E-state index contributed by atoms with van der Waals surface area (Å²) in [6.07, 6.45) is 10.3. The fourth-order valence-corrected chi connectivity index (χ4v) is 3.90. The molecule has 8 heteroatoms. The molecule has 1 saturated carbocycles. The van der Waals surface area contributed by atoms with Gasteiger partial charge < -0.3 is 5.32 Å². The number of aromatic amines is 1. The molecule has 0 atom stereocenters. The zero-order chi connectivity index (χ0) is 19.2. The lowest BCUT2D eigenvalue weighted by atomic mass is 10.2. The molecule has 0 bridgehead atoms. The number of carbonyl (C=O) groups excluding carboxylic acids is 1. The third-order valence-electron chi connectivity index (χ3n) is 4.66. The second-order valence-corrected chi connectivity index (χ2v) is 7.63. The average Bonchev–Trinajstić information content (AvgIpc) is 3.47. The van der Waals surface area contributed by atoms with Crippen LogP contribution in [0.1, 0.15) is 43.1 Å². The Bertz CT molecular complexity index is 943. The van der Waals surface area contributed by atoms with Gasteiger partial charge in [0.15, 0.2) is 0 Å². The number of thioether (sulfide) groups is 1. The molecule has 1 amide bonds. The molecule has 3 aromatic rings. The summed E-state index contributed by atoms with van der Waals surface area (Å²) in [5.74, 6) is 1.58. The predicted molar refractivity (Wildman–Crippen MR) is 111 cm³/mol. The Morgan fingerprint density at radius 1 is 1.21 bits per heavy atom. The molecule has 0 radical (unpaired) electrons. The molecule has 2 N–H and O–H groups in total. The van der Waals surface area contributed by atoms with Crippen LogP contribution in [0.2, 0.25) is 0 Å². The number of hydrogen-bond acceptors (Lipinski definition) is 5. The van der Waals surface area contributed by atoms with Gasteiger partial charge in [-0.25, -0.2) is 9.67 Å². The number of benzene rings is 1. The van der Waals surface area contributed by atoms with Gasteiger partial charge in [0.25, 0.3) is 0 Å². The van der Waals surface area contributed by atoms with E-state index in [1.54, 1.807) is 6.20 Å². The average molecular weight is 395 g/mol. The van der Waals surface area contributed by atoms with E-state index in [0.717, 1.165) is 24.2 Å². The molecule has 1 fully saturated rings. The number of rotatable bonds is 7. The van der Waals surface area contributed by atoms with Crippen molar-refractivity contribution >= 4 is 35.6 Å². The highest BCUT2D eigenvalue weighted by molar-refractivity contribution is 7.99. The van der Waals surface area contributed by atoms with Crippen LogP contribution in [-0.4, -0.2) is 36.6 Å². The first-order chi connectivity index (χ1) is 13.8. The molecule has 0 saturated heterocycles. The normalized spacial score (nSPS) is 14.7. The SMILES string of the molecule is O=C(CSc1n[nH]c(/C=C/c2ccccc2)n1)Nc1ccnn1C1CCCC1. The maximum absolute atomic E-state index is 12.3. The molecule has 0 aliphatic heterocycles. The number of amides is 1. The largest absolute Gasteiger partial charge is 0.310 e. The third-order valence-corrected chi connectivity index (χ3v) is 5.50. The van der Waals surface area contributed by atoms with Crippen molar-refractivity contribution in [2.75, 3.05) is 11.1 Å². The lowest BCUT2D eigenvalue weighted by Crippen LogP contribution is -2.19. The lowest BCUT2D eigenvalue weighted by Gasteiger charge is -2.14. The van der Waals surface area contributed by atoms with Crippen LogP contribution in [0, 0.1) is 0 Å². The lowest BCUT2D eigenvalue weighted by molar-refractivity contribution is -0.113. The number of H-pyrrole nitrogens is 1. The smallest absolute Gasteiger partial charge is 0.235 e. The zero-order valence-corrected chi connectivity index (χ0v) is 16.2. The summed E-state index contributed by atoms with van der Waals surface area (Å²) in [6.45, 7) is 0. The van der Waals surface area contributed by atoms with Gasteiger partial charge in [0.1, 0.15) is 11.6 Å². The minimum absolute atomic E-state index is 0.0871. The Labute approximate surface area is 167 Å². The minimum atomic E-state index is -0.0871. The van der Waals surface area contributed by atoms with E-state index in [4.69, 9.17) is 0 Å². The number of carbonyl (C=O) groups is 1. The summed E-state index contributed by atoms with van der Waals surface area (Å²) in [4.78, 5) is 16.7. The van der Waals surface area contributed by atoms with E-state index >= 15 is 0 Å². The molecule has 7 nitrogen and oxygen atoms in total. The van der Waals surface area contributed by atoms with Gasteiger partial charge >= 0.3 is 0 Å². The van der Waals surface area contributed by atoms with E-state index in [-0.39, 0.29) is 11.7 Å². The molecule has 4 rings (SSSR count). The highest BCUT2D eigenvalue weighted by Gasteiger charge is 2.20. The van der Waals surface area contributed by atoms with Crippen molar-refractivity contribution in [1.82, 2.24) is 25.0 Å². The summed E-state index contributed by atoms with van der Waals surface area (Å²) in [6, 6.07) is 12.2. The van der Waals surface area contributed by atoms with Crippen molar-refractivity contribution in [3.8, 4) is 0 Å². The van der Waals surface area contributed by atoms with Gasteiger partial charge in [-0.1, -0.05) is 61.0 Å². The van der Waals surface area contributed by atoms with Crippen LogP contribution in [0.25, 0.3) is 12.2 Å². The second kappa shape index (κ2) is 8.88. The van der Waals surface area contributed by atoms with E-state index in [2.05, 4.69) is 25.6 Å². The number of nitrogens with one attached hydrogen (secondary N) is 2. The Morgan fingerprint density at radius 3 is 2.86 bits per heavy atom. The molecule has 1 aromatic carbocycles. The fourth-order valence-electron chi connectivity index (χ4n) is 3.30. The van der Waals surface area contributed by atoms with Crippen molar-refractivity contribution in [2.24, 2.45) is 0 Å². The van der Waals surface area contributed by atoms with Crippen LogP contribution < -0.4 is 5.32 Å². The van der Waals surface area contributed by atoms with Gasteiger partial charge in [0, 0.05) is 6.07 Å². The molecular formula is C20H22N6OS. The Balaban J connectivity index is 1.29. The summed E-state index contributed by atoms with van der Waals surface area (Å²) in [5.41, 5.74) is 1.09. The van der Waals surface area contributed by atoms with E-state index < -0.39 is 0 Å². The van der Waals surface area contributed by atoms with E-state index in [9.17, 15) is 4.79 Å². The van der Waals surface area contributed by atoms with Crippen LogP contribution in [0.4, 0.5) is 5.82 Å². The highest BCUT2D eigenvalue weighted by atomic mass is 32.2. The zero-order valence-electron chi connectivity index (χ0n) is 15.4. The third kappa shape index (κ3) is 4.69. The van der Waals surface area contributed by atoms with Crippen LogP contribution in [0.5, 0.6) is 0 Å². The number of aromatic nitrogens is 5. The topological polar surface area (TPSA) is 88.5 Å². The van der Waals surface area contributed by atoms with Gasteiger partial charge in [0.05, 0.1) is 18.0 Å². The Hall–Kier alpha value is -2.87. The first kappa shape index (κ1) is 18.5. The molecule has 28 heavy (non-hydrogen) atoms. The summed E-state index contributed by atoms with van der Waals surface area (Å²) in [5, 5.41) is 14.9. The maximum atomic E-state index is 12.3. The Kier molecular flexibility index (Phi) is 5.86. The van der Waals surface area contributed by atoms with E-state index in [0.29, 0.717) is 17.0 Å². The first-order valence-electron chi connectivity index (χ1n) is 9.39. The molecule has 0 spiro atoms. The summed E-state index contributed by atoms with van der Waals surface area (Å²) >= 11 is 1.30. The maximum Gasteiger partial charge on any atom is 0.235 e. The van der Waals surface area contributed by atoms with Crippen molar-refractivity contribution in [3.63, 3.8) is 0 Å². The fraction of sp³-hybridized carbons (Fsp3) is 0.300. The number of hydrogen-bond donors (Lipinski definition) is 2. The molecule has 2 aromatic heterocycles. The molecule has 1 aliphatic carbocycles. The van der Waals surface area contributed by atoms with Gasteiger partial charge in [0.2, 0.25) is 11.1 Å². The van der Waals surface area contributed by atoms with E-state index in [1.807, 2.05) is 53.2 Å². The van der Waals surface area contributed by atoms with Crippen LogP contribution >= 0.6 is 11.8 Å². The Morgan fingerprint density at radius 2 is 2.04 bits per heavy atom. The first-order valence-corrected chi connectivity index (χ1v) is 10.4. The predicted octanol–water partition coefficient (Wildman–Crippen LogP) is 4.02. The van der Waals surface area contributed by atoms with Gasteiger partial charge in [-0.05, 0) is 24.5 Å². The van der Waals surface area contributed by atoms with Gasteiger partial charge in [-0.3, -0.25) is 9.89 Å². The minimum Gasteiger partial charge on any atom is -0.310 e. The van der Waals surface area contributed by atoms with Crippen LogP contribution in [0.3, 0.4) is 0 Å².